The zero-order chi connectivity index (χ0) is 14.5. The summed E-state index contributed by atoms with van der Waals surface area (Å²) >= 11 is 1.69. The topological polar surface area (TPSA) is 12.0 Å². The molecule has 0 spiro atoms. The van der Waals surface area contributed by atoms with E-state index in [0.717, 1.165) is 18.9 Å². The van der Waals surface area contributed by atoms with Gasteiger partial charge in [0.25, 0.3) is 0 Å². The number of thiophene rings is 1. The minimum atomic E-state index is -0.792. The van der Waals surface area contributed by atoms with E-state index in [1.54, 1.807) is 23.5 Å². The van der Waals surface area contributed by atoms with Crippen molar-refractivity contribution in [2.24, 2.45) is 0 Å². The highest BCUT2D eigenvalue weighted by Gasteiger charge is 2.19. The lowest BCUT2D eigenvalue weighted by molar-refractivity contribution is 0.421. The highest BCUT2D eigenvalue weighted by molar-refractivity contribution is 7.10. The second-order valence-electron chi connectivity index (χ2n) is 4.89. The fourth-order valence-electron chi connectivity index (χ4n) is 2.33. The summed E-state index contributed by atoms with van der Waals surface area (Å²) in [7, 11) is 0. The summed E-state index contributed by atoms with van der Waals surface area (Å²) in [4.78, 5) is 1.23. The maximum atomic E-state index is 13.8. The maximum absolute atomic E-state index is 13.8. The first kappa shape index (κ1) is 15.1. The van der Waals surface area contributed by atoms with Crippen molar-refractivity contribution in [2.45, 2.75) is 38.8 Å². The summed E-state index contributed by atoms with van der Waals surface area (Å²) in [5.41, 5.74) is 0.377. The normalized spacial score (nSPS) is 14.2. The van der Waals surface area contributed by atoms with Gasteiger partial charge in [-0.05, 0) is 30.9 Å². The van der Waals surface area contributed by atoms with E-state index < -0.39 is 11.6 Å². The largest absolute Gasteiger partial charge is 0.302 e. The molecule has 0 amide bonds. The van der Waals surface area contributed by atoms with Crippen LogP contribution < -0.4 is 5.32 Å². The van der Waals surface area contributed by atoms with Crippen LogP contribution in [0.4, 0.5) is 8.78 Å². The Kier molecular flexibility index (Phi) is 5.26. The number of hydrogen-bond donors (Lipinski definition) is 1. The first-order valence-corrected chi connectivity index (χ1v) is 7.74. The number of halogens is 2. The number of benzene rings is 1. The average molecular weight is 295 g/mol. The monoisotopic (exact) mass is 295 g/mol. The van der Waals surface area contributed by atoms with Crippen LogP contribution in [0.15, 0.2) is 35.7 Å². The molecule has 4 heteroatoms. The molecule has 0 saturated heterocycles. The standard InChI is InChI=1S/C16H19F2NS/c1-3-6-14(15-9-5-10-20-15)19-11(2)12-7-4-8-13(17)16(12)18/h4-5,7-11,14,19H,3,6H2,1-2H3. The molecular formula is C16H19F2NS. The Morgan fingerprint density at radius 3 is 2.65 bits per heavy atom. The molecule has 2 aromatic rings. The fraction of sp³-hybridized carbons (Fsp3) is 0.375. The smallest absolute Gasteiger partial charge is 0.163 e. The van der Waals surface area contributed by atoms with E-state index in [9.17, 15) is 8.78 Å². The Morgan fingerprint density at radius 1 is 1.20 bits per heavy atom. The summed E-state index contributed by atoms with van der Waals surface area (Å²) in [5, 5.41) is 5.44. The molecule has 0 radical (unpaired) electrons. The van der Waals surface area contributed by atoms with Gasteiger partial charge in [0.2, 0.25) is 0 Å². The zero-order valence-corrected chi connectivity index (χ0v) is 12.5. The van der Waals surface area contributed by atoms with Crippen molar-refractivity contribution < 1.29 is 8.78 Å². The SMILES string of the molecule is CCCC(NC(C)c1cccc(F)c1F)c1cccs1. The van der Waals surface area contributed by atoms with Crippen molar-refractivity contribution in [1.82, 2.24) is 5.32 Å². The first-order valence-electron chi connectivity index (χ1n) is 6.86. The minimum Gasteiger partial charge on any atom is -0.302 e. The zero-order valence-electron chi connectivity index (χ0n) is 11.7. The van der Waals surface area contributed by atoms with Crippen molar-refractivity contribution in [2.75, 3.05) is 0 Å². The number of rotatable bonds is 6. The van der Waals surface area contributed by atoms with Gasteiger partial charge in [0.15, 0.2) is 11.6 Å². The van der Waals surface area contributed by atoms with Crippen molar-refractivity contribution in [1.29, 1.82) is 0 Å². The van der Waals surface area contributed by atoms with E-state index >= 15 is 0 Å². The molecule has 0 fully saturated rings. The molecule has 0 aliphatic heterocycles. The van der Waals surface area contributed by atoms with E-state index in [1.165, 1.54) is 4.88 Å². The Labute approximate surface area is 122 Å². The second kappa shape index (κ2) is 6.95. The van der Waals surface area contributed by atoms with Crippen LogP contribution in [0.25, 0.3) is 0 Å². The Bertz CT molecular complexity index is 539. The molecule has 2 unspecified atom stereocenters. The average Bonchev–Trinajstić information content (AvgIpc) is 2.95. The fourth-order valence-corrected chi connectivity index (χ4v) is 3.15. The molecule has 0 bridgehead atoms. The molecule has 0 aliphatic carbocycles. The molecule has 1 N–H and O–H groups in total. The van der Waals surface area contributed by atoms with Gasteiger partial charge in [-0.25, -0.2) is 8.78 Å². The summed E-state index contributed by atoms with van der Waals surface area (Å²) < 4.78 is 27.1. The molecule has 1 heterocycles. The van der Waals surface area contributed by atoms with Gasteiger partial charge < -0.3 is 5.32 Å². The molecule has 1 aromatic carbocycles. The Balaban J connectivity index is 2.16. The van der Waals surface area contributed by atoms with Gasteiger partial charge in [-0.15, -0.1) is 11.3 Å². The van der Waals surface area contributed by atoms with E-state index in [0.29, 0.717) is 5.56 Å². The Hall–Kier alpha value is -1.26. The van der Waals surface area contributed by atoms with Crippen LogP contribution in [0, 0.1) is 11.6 Å². The van der Waals surface area contributed by atoms with Gasteiger partial charge in [0.05, 0.1) is 0 Å². The highest BCUT2D eigenvalue weighted by Crippen LogP contribution is 2.28. The van der Waals surface area contributed by atoms with Crippen molar-refractivity contribution in [3.05, 3.63) is 57.8 Å². The van der Waals surface area contributed by atoms with Crippen LogP contribution in [-0.4, -0.2) is 0 Å². The van der Waals surface area contributed by atoms with Crippen LogP contribution in [0.2, 0.25) is 0 Å². The molecule has 1 nitrogen and oxygen atoms in total. The van der Waals surface area contributed by atoms with Crippen LogP contribution >= 0.6 is 11.3 Å². The second-order valence-corrected chi connectivity index (χ2v) is 5.87. The third kappa shape index (κ3) is 3.44. The van der Waals surface area contributed by atoms with E-state index in [1.807, 2.05) is 18.4 Å². The summed E-state index contributed by atoms with van der Waals surface area (Å²) in [6.45, 7) is 3.99. The van der Waals surface area contributed by atoms with E-state index in [2.05, 4.69) is 18.3 Å². The third-order valence-electron chi connectivity index (χ3n) is 3.36. The lowest BCUT2D eigenvalue weighted by Gasteiger charge is -2.23. The highest BCUT2D eigenvalue weighted by atomic mass is 32.1. The molecule has 1 aromatic heterocycles. The molecule has 20 heavy (non-hydrogen) atoms. The van der Waals surface area contributed by atoms with Crippen molar-refractivity contribution in [3.8, 4) is 0 Å². The first-order chi connectivity index (χ1) is 9.63. The Morgan fingerprint density at radius 2 is 2.00 bits per heavy atom. The van der Waals surface area contributed by atoms with Crippen molar-refractivity contribution in [3.63, 3.8) is 0 Å². The summed E-state index contributed by atoms with van der Waals surface area (Å²) in [5.74, 6) is -1.55. The molecule has 2 rings (SSSR count). The predicted octanol–water partition coefficient (Wildman–Crippen LogP) is 5.22. The van der Waals surface area contributed by atoms with Crippen LogP contribution in [0.1, 0.15) is 49.2 Å². The third-order valence-corrected chi connectivity index (χ3v) is 4.35. The lowest BCUT2D eigenvalue weighted by Crippen LogP contribution is -2.25. The number of nitrogens with one attached hydrogen (secondary N) is 1. The molecule has 108 valence electrons. The van der Waals surface area contributed by atoms with Gasteiger partial charge in [0, 0.05) is 22.5 Å². The molecular weight excluding hydrogens is 276 g/mol. The maximum Gasteiger partial charge on any atom is 0.163 e. The summed E-state index contributed by atoms with van der Waals surface area (Å²) in [6, 6.07) is 8.36. The van der Waals surface area contributed by atoms with Crippen molar-refractivity contribution >= 4 is 11.3 Å². The summed E-state index contributed by atoms with van der Waals surface area (Å²) in [6.07, 6.45) is 2.01. The molecule has 0 aliphatic rings. The molecule has 0 saturated carbocycles. The van der Waals surface area contributed by atoms with Crippen LogP contribution in [-0.2, 0) is 0 Å². The number of hydrogen-bond acceptors (Lipinski definition) is 2. The van der Waals surface area contributed by atoms with Gasteiger partial charge in [-0.3, -0.25) is 0 Å². The van der Waals surface area contributed by atoms with Crippen LogP contribution in [0.3, 0.4) is 0 Å². The van der Waals surface area contributed by atoms with Gasteiger partial charge in [-0.1, -0.05) is 31.5 Å². The quantitative estimate of drug-likeness (QED) is 0.770. The minimum absolute atomic E-state index is 0.178. The van der Waals surface area contributed by atoms with Crippen LogP contribution in [0.5, 0.6) is 0 Å². The lowest BCUT2D eigenvalue weighted by atomic mass is 10.0. The van der Waals surface area contributed by atoms with E-state index in [4.69, 9.17) is 0 Å². The van der Waals surface area contributed by atoms with Gasteiger partial charge >= 0.3 is 0 Å². The van der Waals surface area contributed by atoms with E-state index in [-0.39, 0.29) is 12.1 Å². The van der Waals surface area contributed by atoms with Gasteiger partial charge in [0.1, 0.15) is 0 Å². The predicted molar refractivity (Wildman–Crippen MR) is 79.9 cm³/mol. The van der Waals surface area contributed by atoms with Gasteiger partial charge in [-0.2, -0.15) is 0 Å². The molecule has 2 atom stereocenters.